The van der Waals surface area contributed by atoms with E-state index in [1.165, 1.54) is 27.1 Å². The summed E-state index contributed by atoms with van der Waals surface area (Å²) in [4.78, 5) is 47.1. The molecule has 13 heteroatoms. The fourth-order valence-electron chi connectivity index (χ4n) is 3.45. The summed E-state index contributed by atoms with van der Waals surface area (Å²) < 4.78 is 23.7. The minimum atomic E-state index is -1.01. The number of ether oxygens (including phenoxy) is 4. The van der Waals surface area contributed by atoms with Crippen LogP contribution in [-0.4, -0.2) is 62.3 Å². The molecule has 2 aromatic heterocycles. The Hall–Kier alpha value is -2.50. The zero-order valence-electron chi connectivity index (χ0n) is 17.1. The maximum atomic E-state index is 11.8. The Morgan fingerprint density at radius 1 is 1.06 bits per heavy atom. The Labute approximate surface area is 186 Å². The molecule has 3 heterocycles. The lowest BCUT2D eigenvalue weighted by Crippen LogP contribution is -2.56. The van der Waals surface area contributed by atoms with E-state index in [0.29, 0.717) is 11.2 Å². The van der Waals surface area contributed by atoms with Crippen LogP contribution in [-0.2, 0) is 33.3 Å². The molecule has 0 saturated carbocycles. The van der Waals surface area contributed by atoms with Gasteiger partial charge in [-0.3, -0.25) is 19.0 Å². The molecular weight excluding hydrogens is 455 g/mol. The van der Waals surface area contributed by atoms with Crippen LogP contribution in [0.15, 0.2) is 6.33 Å². The van der Waals surface area contributed by atoms with Crippen LogP contribution < -0.4 is 0 Å². The first-order valence-corrected chi connectivity index (χ1v) is 10.0. The van der Waals surface area contributed by atoms with Gasteiger partial charge in [-0.25, -0.2) is 9.97 Å². The van der Waals surface area contributed by atoms with Crippen molar-refractivity contribution >= 4 is 52.3 Å². The van der Waals surface area contributed by atoms with E-state index < -0.39 is 48.4 Å². The summed E-state index contributed by atoms with van der Waals surface area (Å²) in [5, 5.41) is -0.0310. The molecule has 168 valence electrons. The quantitative estimate of drug-likeness (QED) is 0.274. The zero-order valence-corrected chi connectivity index (χ0v) is 18.6. The summed E-state index contributed by atoms with van der Waals surface area (Å²) in [7, 11) is 0. The van der Waals surface area contributed by atoms with E-state index >= 15 is 0 Å². The third kappa shape index (κ3) is 5.05. The number of esters is 3. The van der Waals surface area contributed by atoms with E-state index in [9.17, 15) is 14.4 Å². The van der Waals surface area contributed by atoms with Crippen LogP contribution >= 0.6 is 23.2 Å². The highest BCUT2D eigenvalue weighted by Crippen LogP contribution is 2.38. The Morgan fingerprint density at radius 3 is 2.32 bits per heavy atom. The monoisotopic (exact) mass is 474 g/mol. The third-order valence-electron chi connectivity index (χ3n) is 4.65. The lowest BCUT2D eigenvalue weighted by atomic mass is 9.90. The van der Waals surface area contributed by atoms with Crippen LogP contribution in [0.1, 0.15) is 33.9 Å². The van der Waals surface area contributed by atoms with Crippen LogP contribution in [0.4, 0.5) is 0 Å². The van der Waals surface area contributed by atoms with Crippen LogP contribution in [0.25, 0.3) is 11.2 Å². The van der Waals surface area contributed by atoms with Gasteiger partial charge in [-0.1, -0.05) is 18.5 Å². The number of hydrogen-bond donors (Lipinski definition) is 0. The van der Waals surface area contributed by atoms with E-state index in [-0.39, 0.29) is 17.0 Å². The van der Waals surface area contributed by atoms with Gasteiger partial charge in [-0.05, 0) is 11.6 Å². The van der Waals surface area contributed by atoms with Crippen LogP contribution in [0.2, 0.25) is 10.4 Å². The first kappa shape index (κ1) is 23.2. The maximum Gasteiger partial charge on any atom is 0.303 e. The second kappa shape index (κ2) is 9.33. The molecule has 5 atom stereocenters. The molecule has 0 N–H and O–H groups in total. The molecule has 1 saturated heterocycles. The van der Waals surface area contributed by atoms with Crippen LogP contribution in [0.3, 0.4) is 0 Å². The third-order valence-corrected chi connectivity index (χ3v) is 5.09. The SMILES string of the molecule is CC(=O)OC[C@H]1O[C@@H](n2cnc3c(Cl)nc(Cl)nc32)[C@H](C)[C@@H](OC(C)=O)[C@@H]1OC(C)=O. The maximum absolute atomic E-state index is 11.8. The van der Waals surface area contributed by atoms with Gasteiger partial charge < -0.3 is 18.9 Å². The zero-order chi connectivity index (χ0) is 22.9. The normalized spacial score (nSPS) is 25.8. The van der Waals surface area contributed by atoms with Gasteiger partial charge in [-0.2, -0.15) is 4.98 Å². The molecule has 0 amide bonds. The number of nitrogens with zero attached hydrogens (tertiary/aromatic N) is 4. The standard InChI is InChI=1S/C18H20Cl2N4O7/c1-7-13(29-9(3)26)14(30-10(4)27)11(5-28-8(2)25)31-17(7)24-6-21-12-15(19)22-18(20)23-16(12)24/h6-7,11,13-14,17H,5H2,1-4H3/t7-,11-,13-,14-,17-/m1/s1. The molecule has 0 aromatic carbocycles. The Bertz CT molecular complexity index is 1010. The molecule has 3 rings (SSSR count). The van der Waals surface area contributed by atoms with Gasteiger partial charge in [-0.15, -0.1) is 0 Å². The van der Waals surface area contributed by atoms with Crippen LogP contribution in [0.5, 0.6) is 0 Å². The van der Waals surface area contributed by atoms with Crippen molar-refractivity contribution in [2.24, 2.45) is 5.92 Å². The second-order valence-corrected chi connectivity index (χ2v) is 7.68. The number of halogens is 2. The van der Waals surface area contributed by atoms with E-state index in [1.807, 2.05) is 0 Å². The molecule has 2 aromatic rings. The van der Waals surface area contributed by atoms with E-state index in [2.05, 4.69) is 15.0 Å². The van der Waals surface area contributed by atoms with Crippen LogP contribution in [0, 0.1) is 5.92 Å². The number of rotatable bonds is 5. The minimum absolute atomic E-state index is 0.0583. The Kier molecular flexibility index (Phi) is 6.97. The summed E-state index contributed by atoms with van der Waals surface area (Å²) in [6.45, 7) is 5.19. The molecule has 0 radical (unpaired) electrons. The van der Waals surface area contributed by atoms with E-state index in [1.54, 1.807) is 11.5 Å². The Morgan fingerprint density at radius 2 is 1.71 bits per heavy atom. The average Bonchev–Trinajstić information content (AvgIpc) is 3.07. The van der Waals surface area contributed by atoms with Crippen molar-refractivity contribution in [2.75, 3.05) is 6.61 Å². The predicted molar refractivity (Wildman–Crippen MR) is 106 cm³/mol. The van der Waals surface area contributed by atoms with Crippen molar-refractivity contribution in [1.29, 1.82) is 0 Å². The molecule has 1 aliphatic rings. The van der Waals surface area contributed by atoms with Crippen molar-refractivity contribution in [3.8, 4) is 0 Å². The number of fused-ring (bicyclic) bond motifs is 1. The fourth-order valence-corrected chi connectivity index (χ4v) is 3.87. The van der Waals surface area contributed by atoms with Crippen molar-refractivity contribution < 1.29 is 33.3 Å². The highest BCUT2D eigenvalue weighted by molar-refractivity contribution is 6.35. The molecule has 31 heavy (non-hydrogen) atoms. The first-order valence-electron chi connectivity index (χ1n) is 9.27. The summed E-state index contributed by atoms with van der Waals surface area (Å²) >= 11 is 12.1. The number of aromatic nitrogens is 4. The summed E-state index contributed by atoms with van der Waals surface area (Å²) in [5.41, 5.74) is 0.588. The molecule has 11 nitrogen and oxygen atoms in total. The number of imidazole rings is 1. The molecule has 0 unspecified atom stereocenters. The van der Waals surface area contributed by atoms with E-state index in [4.69, 9.17) is 42.1 Å². The molecule has 0 aliphatic carbocycles. The summed E-state index contributed by atoms with van der Waals surface area (Å²) in [6, 6.07) is 0. The second-order valence-electron chi connectivity index (χ2n) is 6.98. The highest BCUT2D eigenvalue weighted by Gasteiger charge is 2.49. The Balaban J connectivity index is 2.05. The predicted octanol–water partition coefficient (Wildman–Crippen LogP) is 2.09. The van der Waals surface area contributed by atoms with Gasteiger partial charge in [0.2, 0.25) is 5.28 Å². The highest BCUT2D eigenvalue weighted by atomic mass is 35.5. The summed E-state index contributed by atoms with van der Waals surface area (Å²) in [5.74, 6) is -2.27. The van der Waals surface area contributed by atoms with E-state index in [0.717, 1.165) is 0 Å². The number of carbonyl (C=O) groups is 3. The van der Waals surface area contributed by atoms with Gasteiger partial charge in [0.05, 0.1) is 6.33 Å². The average molecular weight is 475 g/mol. The van der Waals surface area contributed by atoms with Gasteiger partial charge in [0.1, 0.15) is 30.6 Å². The summed E-state index contributed by atoms with van der Waals surface area (Å²) in [6.07, 6.45) is -2.23. The molecular formula is C18H20Cl2N4O7. The van der Waals surface area contributed by atoms with Gasteiger partial charge in [0.15, 0.2) is 16.9 Å². The largest absolute Gasteiger partial charge is 0.463 e. The first-order chi connectivity index (χ1) is 14.6. The van der Waals surface area contributed by atoms with Gasteiger partial charge in [0.25, 0.3) is 0 Å². The molecule has 1 fully saturated rings. The lowest BCUT2D eigenvalue weighted by molar-refractivity contribution is -0.245. The van der Waals surface area contributed by atoms with Crippen molar-refractivity contribution in [3.05, 3.63) is 16.8 Å². The number of carbonyl (C=O) groups excluding carboxylic acids is 3. The van der Waals surface area contributed by atoms with Crippen molar-refractivity contribution in [1.82, 2.24) is 19.5 Å². The smallest absolute Gasteiger partial charge is 0.303 e. The van der Waals surface area contributed by atoms with Crippen molar-refractivity contribution in [3.63, 3.8) is 0 Å². The topological polar surface area (TPSA) is 132 Å². The van der Waals surface area contributed by atoms with Gasteiger partial charge >= 0.3 is 17.9 Å². The lowest BCUT2D eigenvalue weighted by Gasteiger charge is -2.44. The minimum Gasteiger partial charge on any atom is -0.463 e. The fraction of sp³-hybridized carbons (Fsp3) is 0.556. The van der Waals surface area contributed by atoms with Crippen molar-refractivity contribution in [2.45, 2.75) is 52.2 Å². The molecule has 0 spiro atoms. The molecule has 1 aliphatic heterocycles. The molecule has 0 bridgehead atoms. The number of hydrogen-bond acceptors (Lipinski definition) is 10. The van der Waals surface area contributed by atoms with Gasteiger partial charge in [0, 0.05) is 26.7 Å².